The number of hydrogen-bond acceptors (Lipinski definition) is 7. The first-order chi connectivity index (χ1) is 13.2. The zero-order chi connectivity index (χ0) is 18.6. The molecule has 0 radical (unpaired) electrons. The Hall–Kier alpha value is -2.19. The lowest BCUT2D eigenvalue weighted by Crippen LogP contribution is -2.48. The van der Waals surface area contributed by atoms with E-state index in [1.165, 1.54) is 11.5 Å². The van der Waals surface area contributed by atoms with Crippen LogP contribution in [0.3, 0.4) is 0 Å². The third kappa shape index (κ3) is 4.39. The Morgan fingerprint density at radius 3 is 2.89 bits per heavy atom. The van der Waals surface area contributed by atoms with Gasteiger partial charge in [-0.2, -0.15) is 4.37 Å². The largest absolute Gasteiger partial charge is 0.491 e. The second-order valence-electron chi connectivity index (χ2n) is 6.88. The van der Waals surface area contributed by atoms with E-state index in [9.17, 15) is 4.79 Å². The molecule has 1 atom stereocenters. The molecule has 2 aliphatic rings. The molecule has 1 unspecified atom stereocenters. The number of benzene rings is 1. The number of amides is 1. The van der Waals surface area contributed by atoms with Crippen molar-refractivity contribution in [2.45, 2.75) is 25.9 Å². The van der Waals surface area contributed by atoms with Crippen molar-refractivity contribution in [3.63, 3.8) is 0 Å². The number of aromatic nitrogens is 2. The average Bonchev–Trinajstić information content (AvgIpc) is 3.38. The quantitative estimate of drug-likeness (QED) is 0.783. The molecule has 2 fully saturated rings. The molecular weight excluding hydrogens is 364 g/mol. The molecule has 8 heteroatoms. The van der Waals surface area contributed by atoms with Crippen molar-refractivity contribution in [3.05, 3.63) is 35.7 Å². The van der Waals surface area contributed by atoms with Gasteiger partial charge in [0.15, 0.2) is 0 Å². The van der Waals surface area contributed by atoms with Crippen molar-refractivity contribution < 1.29 is 14.3 Å². The number of carbonyl (C=O) groups excluding carboxylic acids is 1. The Balaban J connectivity index is 1.33. The summed E-state index contributed by atoms with van der Waals surface area (Å²) in [5.74, 6) is 1.57. The number of ether oxygens (including phenoxy) is 2. The van der Waals surface area contributed by atoms with Crippen LogP contribution in [0.2, 0.25) is 0 Å². The lowest BCUT2D eigenvalue weighted by molar-refractivity contribution is 0.0677. The van der Waals surface area contributed by atoms with Crippen LogP contribution in [0.5, 0.6) is 5.75 Å². The smallest absolute Gasteiger partial charge is 0.254 e. The highest BCUT2D eigenvalue weighted by Crippen LogP contribution is 2.21. The standard InChI is InChI=1S/C19H24N4O3S/c1-14-20-19(27-21-14)23-9-7-22(8-10-23)18(24)15-4-2-5-16(12-15)26-13-17-6-3-11-25-17/h2,4-5,12,17H,3,6-11,13H2,1H3. The lowest BCUT2D eigenvalue weighted by Gasteiger charge is -2.34. The van der Waals surface area contributed by atoms with Gasteiger partial charge in [0.05, 0.1) is 6.10 Å². The van der Waals surface area contributed by atoms with Gasteiger partial charge in [-0.3, -0.25) is 4.79 Å². The molecule has 2 aromatic rings. The molecule has 2 aliphatic heterocycles. The van der Waals surface area contributed by atoms with Crippen LogP contribution in [0.4, 0.5) is 5.13 Å². The van der Waals surface area contributed by atoms with E-state index in [-0.39, 0.29) is 12.0 Å². The van der Waals surface area contributed by atoms with E-state index in [1.54, 1.807) is 0 Å². The fraction of sp³-hybridized carbons (Fsp3) is 0.526. The summed E-state index contributed by atoms with van der Waals surface area (Å²) in [7, 11) is 0. The molecule has 144 valence electrons. The SMILES string of the molecule is Cc1nsc(N2CCN(C(=O)c3cccc(OCC4CCCO4)c3)CC2)n1. The molecule has 0 spiro atoms. The summed E-state index contributed by atoms with van der Waals surface area (Å²) in [5.41, 5.74) is 0.667. The topological polar surface area (TPSA) is 67.8 Å². The van der Waals surface area contributed by atoms with Crippen molar-refractivity contribution in [3.8, 4) is 5.75 Å². The molecule has 0 saturated carbocycles. The molecular formula is C19H24N4O3S. The van der Waals surface area contributed by atoms with Gasteiger partial charge in [0.2, 0.25) is 5.13 Å². The van der Waals surface area contributed by atoms with Gasteiger partial charge in [0, 0.05) is 49.9 Å². The van der Waals surface area contributed by atoms with Gasteiger partial charge >= 0.3 is 0 Å². The lowest BCUT2D eigenvalue weighted by atomic mass is 10.1. The van der Waals surface area contributed by atoms with Gasteiger partial charge < -0.3 is 19.3 Å². The van der Waals surface area contributed by atoms with Crippen LogP contribution in [0.15, 0.2) is 24.3 Å². The minimum atomic E-state index is 0.0469. The first-order valence-corrected chi connectivity index (χ1v) is 10.2. The Labute approximate surface area is 163 Å². The van der Waals surface area contributed by atoms with Crippen LogP contribution in [-0.2, 0) is 4.74 Å². The van der Waals surface area contributed by atoms with E-state index in [1.807, 2.05) is 36.1 Å². The molecule has 1 aromatic carbocycles. The number of aryl methyl sites for hydroxylation is 1. The van der Waals surface area contributed by atoms with E-state index >= 15 is 0 Å². The maximum Gasteiger partial charge on any atom is 0.254 e. The van der Waals surface area contributed by atoms with Crippen LogP contribution >= 0.6 is 11.5 Å². The first kappa shape index (κ1) is 18.2. The van der Waals surface area contributed by atoms with E-state index < -0.39 is 0 Å². The first-order valence-electron chi connectivity index (χ1n) is 9.38. The Morgan fingerprint density at radius 2 is 2.19 bits per heavy atom. The van der Waals surface area contributed by atoms with Crippen molar-refractivity contribution >= 4 is 22.6 Å². The summed E-state index contributed by atoms with van der Waals surface area (Å²) in [6.45, 7) is 6.16. The number of hydrogen-bond donors (Lipinski definition) is 0. The van der Waals surface area contributed by atoms with Crippen molar-refractivity contribution in [1.82, 2.24) is 14.3 Å². The maximum atomic E-state index is 12.9. The second-order valence-corrected chi connectivity index (χ2v) is 7.61. The van der Waals surface area contributed by atoms with Gasteiger partial charge in [0.25, 0.3) is 5.91 Å². The fourth-order valence-corrected chi connectivity index (χ4v) is 4.11. The zero-order valence-corrected chi connectivity index (χ0v) is 16.3. The number of carbonyl (C=O) groups is 1. The van der Waals surface area contributed by atoms with Crippen molar-refractivity contribution in [1.29, 1.82) is 0 Å². The maximum absolute atomic E-state index is 12.9. The molecule has 2 saturated heterocycles. The van der Waals surface area contributed by atoms with Crippen LogP contribution in [0, 0.1) is 6.92 Å². The highest BCUT2D eigenvalue weighted by Gasteiger charge is 2.24. The second kappa shape index (κ2) is 8.22. The molecule has 7 nitrogen and oxygen atoms in total. The summed E-state index contributed by atoms with van der Waals surface area (Å²) in [6.07, 6.45) is 2.30. The molecule has 1 aromatic heterocycles. The van der Waals surface area contributed by atoms with Crippen LogP contribution < -0.4 is 9.64 Å². The highest BCUT2D eigenvalue weighted by molar-refractivity contribution is 7.09. The van der Waals surface area contributed by atoms with Gasteiger partial charge in [-0.1, -0.05) is 6.07 Å². The Bertz CT molecular complexity index is 783. The highest BCUT2D eigenvalue weighted by atomic mass is 32.1. The summed E-state index contributed by atoms with van der Waals surface area (Å²) < 4.78 is 15.6. The van der Waals surface area contributed by atoms with E-state index in [2.05, 4.69) is 14.3 Å². The van der Waals surface area contributed by atoms with E-state index in [4.69, 9.17) is 9.47 Å². The number of piperazine rings is 1. The fourth-order valence-electron chi connectivity index (χ4n) is 3.38. The number of anilines is 1. The van der Waals surface area contributed by atoms with Crippen LogP contribution in [-0.4, -0.2) is 65.7 Å². The van der Waals surface area contributed by atoms with Crippen molar-refractivity contribution in [2.75, 3.05) is 44.3 Å². The predicted octanol–water partition coefficient (Wildman–Crippen LogP) is 2.37. The van der Waals surface area contributed by atoms with Crippen LogP contribution in [0.25, 0.3) is 0 Å². The zero-order valence-electron chi connectivity index (χ0n) is 15.5. The molecule has 0 bridgehead atoms. The monoisotopic (exact) mass is 388 g/mol. The third-order valence-corrected chi connectivity index (χ3v) is 5.76. The number of nitrogens with zero attached hydrogens (tertiary/aromatic N) is 4. The van der Waals surface area contributed by atoms with Gasteiger partial charge in [0.1, 0.15) is 18.2 Å². The van der Waals surface area contributed by atoms with Gasteiger partial charge in [-0.15, -0.1) is 0 Å². The Morgan fingerprint density at radius 1 is 1.33 bits per heavy atom. The number of rotatable bonds is 5. The third-order valence-electron chi connectivity index (χ3n) is 4.90. The minimum Gasteiger partial charge on any atom is -0.491 e. The normalized spacial score (nSPS) is 20.1. The average molecular weight is 388 g/mol. The van der Waals surface area contributed by atoms with E-state index in [0.717, 1.165) is 49.2 Å². The van der Waals surface area contributed by atoms with Gasteiger partial charge in [-0.25, -0.2) is 4.98 Å². The summed E-state index contributed by atoms with van der Waals surface area (Å²) in [6, 6.07) is 7.44. The minimum absolute atomic E-state index is 0.0469. The van der Waals surface area contributed by atoms with Gasteiger partial charge in [-0.05, 0) is 38.0 Å². The molecule has 1 amide bonds. The molecule has 3 heterocycles. The van der Waals surface area contributed by atoms with E-state index in [0.29, 0.717) is 25.3 Å². The summed E-state index contributed by atoms with van der Waals surface area (Å²) >= 11 is 1.41. The molecule has 4 rings (SSSR count). The Kier molecular flexibility index (Phi) is 5.54. The van der Waals surface area contributed by atoms with Crippen LogP contribution in [0.1, 0.15) is 29.0 Å². The summed E-state index contributed by atoms with van der Waals surface area (Å²) in [4.78, 5) is 21.4. The molecule has 0 aliphatic carbocycles. The molecule has 27 heavy (non-hydrogen) atoms. The predicted molar refractivity (Wildman–Crippen MR) is 104 cm³/mol. The molecule has 0 N–H and O–H groups in total. The van der Waals surface area contributed by atoms with Crippen molar-refractivity contribution in [2.24, 2.45) is 0 Å². The summed E-state index contributed by atoms with van der Waals surface area (Å²) in [5, 5.41) is 0.934.